The van der Waals surface area contributed by atoms with Gasteiger partial charge in [0, 0.05) is 10.4 Å². The molecule has 0 radical (unpaired) electrons. The van der Waals surface area contributed by atoms with E-state index in [1.807, 2.05) is 37.3 Å². The van der Waals surface area contributed by atoms with E-state index in [0.717, 1.165) is 26.2 Å². The Balaban J connectivity index is 1.68. The van der Waals surface area contributed by atoms with Crippen LogP contribution in [-0.2, 0) is 0 Å². The summed E-state index contributed by atoms with van der Waals surface area (Å²) in [7, 11) is 0. The molecule has 0 saturated heterocycles. The fourth-order valence-corrected chi connectivity index (χ4v) is 4.08. The number of aryl methyl sites for hydroxylation is 1. The number of thiophene rings is 1. The van der Waals surface area contributed by atoms with Gasteiger partial charge in [-0.2, -0.15) is 5.10 Å². The SMILES string of the molecule is Cc1nc(N/N=C\c2cccc(Cl)c2Cl)c2cc(-c3ccccc3)sc2n1. The third-order valence-corrected chi connectivity index (χ3v) is 5.83. The number of hydrazone groups is 1. The lowest BCUT2D eigenvalue weighted by molar-refractivity contribution is 1.09. The number of rotatable bonds is 4. The highest BCUT2D eigenvalue weighted by atomic mass is 35.5. The van der Waals surface area contributed by atoms with Crippen LogP contribution in [0.2, 0.25) is 10.0 Å². The highest BCUT2D eigenvalue weighted by Crippen LogP contribution is 2.35. The van der Waals surface area contributed by atoms with Crippen molar-refractivity contribution in [2.75, 3.05) is 5.43 Å². The van der Waals surface area contributed by atoms with Crippen LogP contribution in [0.25, 0.3) is 20.7 Å². The van der Waals surface area contributed by atoms with E-state index < -0.39 is 0 Å². The Kier molecular flexibility index (Phi) is 5.07. The number of fused-ring (bicyclic) bond motifs is 1. The van der Waals surface area contributed by atoms with E-state index in [-0.39, 0.29) is 0 Å². The minimum atomic E-state index is 0.468. The predicted octanol–water partition coefficient (Wildman–Crippen LogP) is 6.42. The number of anilines is 1. The summed E-state index contributed by atoms with van der Waals surface area (Å²) in [6.07, 6.45) is 1.63. The van der Waals surface area contributed by atoms with Crippen molar-refractivity contribution in [2.24, 2.45) is 5.10 Å². The van der Waals surface area contributed by atoms with E-state index in [2.05, 4.69) is 38.7 Å². The number of benzene rings is 2. The largest absolute Gasteiger partial charge is 0.261 e. The zero-order chi connectivity index (χ0) is 18.8. The van der Waals surface area contributed by atoms with E-state index in [1.165, 1.54) is 0 Å². The second kappa shape index (κ2) is 7.64. The first kappa shape index (κ1) is 17.9. The van der Waals surface area contributed by atoms with Crippen molar-refractivity contribution in [2.45, 2.75) is 6.92 Å². The fourth-order valence-electron chi connectivity index (χ4n) is 2.64. The molecule has 0 bridgehead atoms. The van der Waals surface area contributed by atoms with Gasteiger partial charge in [-0.3, -0.25) is 5.43 Å². The third-order valence-electron chi connectivity index (χ3n) is 3.92. The van der Waals surface area contributed by atoms with Gasteiger partial charge in [-0.15, -0.1) is 11.3 Å². The van der Waals surface area contributed by atoms with Crippen molar-refractivity contribution in [1.82, 2.24) is 9.97 Å². The van der Waals surface area contributed by atoms with Crippen molar-refractivity contribution < 1.29 is 0 Å². The monoisotopic (exact) mass is 412 g/mol. The summed E-state index contributed by atoms with van der Waals surface area (Å²) in [5.74, 6) is 1.34. The molecule has 2 heterocycles. The number of nitrogens with one attached hydrogen (secondary N) is 1. The topological polar surface area (TPSA) is 50.2 Å². The molecule has 0 spiro atoms. The molecule has 134 valence electrons. The number of hydrogen-bond acceptors (Lipinski definition) is 5. The van der Waals surface area contributed by atoms with Gasteiger partial charge in [0.05, 0.1) is 21.6 Å². The molecule has 2 aromatic carbocycles. The lowest BCUT2D eigenvalue weighted by Crippen LogP contribution is -1.97. The van der Waals surface area contributed by atoms with Gasteiger partial charge in [-0.1, -0.05) is 65.7 Å². The fraction of sp³-hybridized carbons (Fsp3) is 0.0500. The summed E-state index contributed by atoms with van der Waals surface area (Å²) < 4.78 is 0. The van der Waals surface area contributed by atoms with Crippen LogP contribution in [0.1, 0.15) is 11.4 Å². The minimum Gasteiger partial charge on any atom is -0.261 e. The Bertz CT molecular complexity index is 1140. The summed E-state index contributed by atoms with van der Waals surface area (Å²) in [4.78, 5) is 11.1. The standard InChI is InChI=1S/C20H14Cl2N4S/c1-12-24-19(26-23-11-14-8-5-9-16(21)18(14)22)15-10-17(27-20(15)25-12)13-6-3-2-4-7-13/h2-11H,1H3,(H,24,25,26)/b23-11-. The molecule has 0 aliphatic heterocycles. The van der Waals surface area contributed by atoms with Crippen molar-refractivity contribution in [3.8, 4) is 10.4 Å². The molecule has 1 N–H and O–H groups in total. The molecule has 4 nitrogen and oxygen atoms in total. The van der Waals surface area contributed by atoms with E-state index in [4.69, 9.17) is 23.2 Å². The van der Waals surface area contributed by atoms with Crippen molar-refractivity contribution >= 4 is 56.8 Å². The smallest absolute Gasteiger partial charge is 0.158 e. The zero-order valence-corrected chi connectivity index (χ0v) is 16.6. The van der Waals surface area contributed by atoms with Crippen LogP contribution in [-0.4, -0.2) is 16.2 Å². The summed E-state index contributed by atoms with van der Waals surface area (Å²) >= 11 is 13.9. The molecule has 0 fully saturated rings. The highest BCUT2D eigenvalue weighted by molar-refractivity contribution is 7.21. The van der Waals surface area contributed by atoms with Gasteiger partial charge in [0.2, 0.25) is 0 Å². The summed E-state index contributed by atoms with van der Waals surface area (Å²) in [6.45, 7) is 1.87. The molecule has 27 heavy (non-hydrogen) atoms. The lowest BCUT2D eigenvalue weighted by Gasteiger charge is -2.03. The molecule has 4 aromatic rings. The maximum atomic E-state index is 6.19. The van der Waals surface area contributed by atoms with Gasteiger partial charge in [-0.05, 0) is 24.6 Å². The molecule has 0 saturated carbocycles. The van der Waals surface area contributed by atoms with Crippen molar-refractivity contribution in [1.29, 1.82) is 0 Å². The summed E-state index contributed by atoms with van der Waals surface area (Å²) in [6, 6.07) is 17.7. The average molecular weight is 413 g/mol. The number of aromatic nitrogens is 2. The van der Waals surface area contributed by atoms with Gasteiger partial charge < -0.3 is 0 Å². The molecule has 0 unspecified atom stereocenters. The highest BCUT2D eigenvalue weighted by Gasteiger charge is 2.11. The maximum absolute atomic E-state index is 6.19. The molecule has 0 amide bonds. The zero-order valence-electron chi connectivity index (χ0n) is 14.3. The van der Waals surface area contributed by atoms with Gasteiger partial charge in [-0.25, -0.2) is 9.97 Å². The molecular weight excluding hydrogens is 399 g/mol. The van der Waals surface area contributed by atoms with E-state index >= 15 is 0 Å². The Morgan fingerprint density at radius 2 is 1.85 bits per heavy atom. The second-order valence-electron chi connectivity index (χ2n) is 5.83. The van der Waals surface area contributed by atoms with Gasteiger partial charge in [0.15, 0.2) is 5.82 Å². The van der Waals surface area contributed by atoms with Crippen LogP contribution in [0.4, 0.5) is 5.82 Å². The minimum absolute atomic E-state index is 0.468. The summed E-state index contributed by atoms with van der Waals surface area (Å²) in [5, 5.41) is 6.17. The first-order valence-electron chi connectivity index (χ1n) is 8.18. The van der Waals surface area contributed by atoms with Crippen LogP contribution >= 0.6 is 34.5 Å². The molecular formula is C20H14Cl2N4S. The van der Waals surface area contributed by atoms with Gasteiger partial charge in [0.1, 0.15) is 10.7 Å². The lowest BCUT2D eigenvalue weighted by atomic mass is 10.2. The third kappa shape index (κ3) is 3.81. The van der Waals surface area contributed by atoms with Gasteiger partial charge >= 0.3 is 0 Å². The van der Waals surface area contributed by atoms with Crippen LogP contribution in [0.15, 0.2) is 59.7 Å². The number of halogens is 2. The summed E-state index contributed by atoms with van der Waals surface area (Å²) in [5.41, 5.74) is 4.89. The molecule has 0 aliphatic carbocycles. The molecule has 2 aromatic heterocycles. The normalized spacial score (nSPS) is 11.4. The van der Waals surface area contributed by atoms with Crippen molar-refractivity contribution in [3.63, 3.8) is 0 Å². The number of nitrogens with zero attached hydrogens (tertiary/aromatic N) is 3. The van der Waals surface area contributed by atoms with Crippen molar-refractivity contribution in [3.05, 3.63) is 76.0 Å². The number of hydrogen-bond donors (Lipinski definition) is 1. The Hall–Kier alpha value is -2.47. The Morgan fingerprint density at radius 1 is 1.04 bits per heavy atom. The van der Waals surface area contributed by atoms with Crippen LogP contribution in [0, 0.1) is 6.92 Å². The average Bonchev–Trinajstić information content (AvgIpc) is 3.10. The van der Waals surface area contributed by atoms with E-state index in [0.29, 0.717) is 21.7 Å². The Labute approximate surface area is 170 Å². The molecule has 7 heteroatoms. The first-order valence-corrected chi connectivity index (χ1v) is 9.76. The first-order chi connectivity index (χ1) is 13.1. The maximum Gasteiger partial charge on any atom is 0.158 e. The molecule has 0 aliphatic rings. The quantitative estimate of drug-likeness (QED) is 0.310. The van der Waals surface area contributed by atoms with Crippen LogP contribution in [0.3, 0.4) is 0 Å². The second-order valence-corrected chi connectivity index (χ2v) is 7.64. The Morgan fingerprint density at radius 3 is 2.67 bits per heavy atom. The molecule has 4 rings (SSSR count). The molecule has 0 atom stereocenters. The van der Waals surface area contributed by atoms with Crippen LogP contribution in [0.5, 0.6) is 0 Å². The van der Waals surface area contributed by atoms with E-state index in [9.17, 15) is 0 Å². The van der Waals surface area contributed by atoms with E-state index in [1.54, 1.807) is 23.6 Å². The predicted molar refractivity (Wildman–Crippen MR) is 115 cm³/mol. The van der Waals surface area contributed by atoms with Crippen LogP contribution < -0.4 is 5.43 Å². The van der Waals surface area contributed by atoms with Gasteiger partial charge in [0.25, 0.3) is 0 Å².